The summed E-state index contributed by atoms with van der Waals surface area (Å²) in [6.45, 7) is 2.28. The van der Waals surface area contributed by atoms with Gasteiger partial charge in [0.2, 0.25) is 0 Å². The van der Waals surface area contributed by atoms with Crippen molar-refractivity contribution < 1.29 is 5.11 Å². The normalized spacial score (nSPS) is 26.9. The van der Waals surface area contributed by atoms with Crippen LogP contribution in [-0.4, -0.2) is 11.2 Å². The maximum atomic E-state index is 10.3. The number of thiophene rings is 1. The zero-order valence-corrected chi connectivity index (χ0v) is 11.6. The lowest BCUT2D eigenvalue weighted by Crippen LogP contribution is -2.27. The lowest BCUT2D eigenvalue weighted by molar-refractivity contribution is 0.0729. The summed E-state index contributed by atoms with van der Waals surface area (Å²) in [5, 5.41) is 14.5. The van der Waals surface area contributed by atoms with E-state index < -0.39 is 0 Å². The number of hydrogen-bond donors (Lipinski definition) is 1. The van der Waals surface area contributed by atoms with Gasteiger partial charge in [0, 0.05) is 0 Å². The molecular formula is C15H24OS. The summed E-state index contributed by atoms with van der Waals surface area (Å²) in [6.07, 6.45) is 8.56. The molecule has 2 heteroatoms. The van der Waals surface area contributed by atoms with Crippen LogP contribution < -0.4 is 0 Å². The van der Waals surface area contributed by atoms with Crippen molar-refractivity contribution in [2.45, 2.75) is 58.0 Å². The average Bonchev–Trinajstić information content (AvgIpc) is 2.83. The maximum Gasteiger partial charge on any atom is 0.0609 e. The monoisotopic (exact) mass is 252 g/mol. The van der Waals surface area contributed by atoms with Crippen LogP contribution in [0.1, 0.15) is 51.0 Å². The number of hydrogen-bond acceptors (Lipinski definition) is 2. The Morgan fingerprint density at radius 1 is 1.35 bits per heavy atom. The molecule has 17 heavy (non-hydrogen) atoms. The van der Waals surface area contributed by atoms with E-state index in [-0.39, 0.29) is 6.10 Å². The molecule has 0 aromatic carbocycles. The first kappa shape index (κ1) is 13.1. The second-order valence-electron chi connectivity index (χ2n) is 5.47. The molecule has 1 aliphatic rings. The van der Waals surface area contributed by atoms with Crippen molar-refractivity contribution in [1.29, 1.82) is 0 Å². The second kappa shape index (κ2) is 6.55. The Kier molecular flexibility index (Phi) is 5.05. The van der Waals surface area contributed by atoms with Crippen LogP contribution in [0.3, 0.4) is 0 Å². The van der Waals surface area contributed by atoms with Crippen molar-refractivity contribution >= 4 is 11.3 Å². The van der Waals surface area contributed by atoms with E-state index in [1.54, 1.807) is 11.3 Å². The van der Waals surface area contributed by atoms with Gasteiger partial charge in [0.1, 0.15) is 0 Å². The molecule has 1 atom stereocenters. The van der Waals surface area contributed by atoms with Gasteiger partial charge in [0.15, 0.2) is 0 Å². The van der Waals surface area contributed by atoms with E-state index in [2.05, 4.69) is 23.8 Å². The fourth-order valence-electron chi connectivity index (χ4n) is 3.09. The topological polar surface area (TPSA) is 20.2 Å². The van der Waals surface area contributed by atoms with E-state index in [0.717, 1.165) is 12.3 Å². The Bertz CT molecular complexity index is 299. The fourth-order valence-corrected chi connectivity index (χ4v) is 3.77. The van der Waals surface area contributed by atoms with Gasteiger partial charge in [-0.05, 0) is 53.5 Å². The second-order valence-corrected chi connectivity index (χ2v) is 6.25. The number of rotatable bonds is 5. The van der Waals surface area contributed by atoms with Gasteiger partial charge in [-0.1, -0.05) is 32.6 Å². The molecule has 1 fully saturated rings. The van der Waals surface area contributed by atoms with Gasteiger partial charge in [0.25, 0.3) is 0 Å². The standard InChI is InChI=1S/C15H24OS/c1-2-3-12-4-6-14(7-5-12)15(16)10-13-8-9-17-11-13/h8-9,11-12,14-16H,2-7,10H2,1H3. The van der Waals surface area contributed by atoms with Crippen LogP contribution in [0.5, 0.6) is 0 Å². The lowest BCUT2D eigenvalue weighted by Gasteiger charge is -2.31. The van der Waals surface area contributed by atoms with Crippen LogP contribution in [0.25, 0.3) is 0 Å². The SMILES string of the molecule is CCCC1CCC(C(O)Cc2ccsc2)CC1. The summed E-state index contributed by atoms with van der Waals surface area (Å²) in [5.41, 5.74) is 1.30. The first-order chi connectivity index (χ1) is 8.29. The van der Waals surface area contributed by atoms with Crippen LogP contribution in [0.15, 0.2) is 16.8 Å². The highest BCUT2D eigenvalue weighted by molar-refractivity contribution is 7.07. The van der Waals surface area contributed by atoms with Gasteiger partial charge >= 0.3 is 0 Å². The Morgan fingerprint density at radius 2 is 2.12 bits per heavy atom. The zero-order valence-electron chi connectivity index (χ0n) is 10.8. The third kappa shape index (κ3) is 3.82. The quantitative estimate of drug-likeness (QED) is 0.830. The van der Waals surface area contributed by atoms with E-state index in [4.69, 9.17) is 0 Å². The van der Waals surface area contributed by atoms with Crippen LogP contribution in [-0.2, 0) is 6.42 Å². The summed E-state index contributed by atoms with van der Waals surface area (Å²) in [6, 6.07) is 2.14. The number of aliphatic hydroxyl groups is 1. The summed E-state index contributed by atoms with van der Waals surface area (Å²) < 4.78 is 0. The minimum atomic E-state index is -0.118. The highest BCUT2D eigenvalue weighted by Gasteiger charge is 2.26. The van der Waals surface area contributed by atoms with Gasteiger partial charge in [-0.2, -0.15) is 11.3 Å². The maximum absolute atomic E-state index is 10.3. The fraction of sp³-hybridized carbons (Fsp3) is 0.733. The average molecular weight is 252 g/mol. The molecule has 1 saturated carbocycles. The summed E-state index contributed by atoms with van der Waals surface area (Å²) in [7, 11) is 0. The molecule has 96 valence electrons. The molecule has 1 N–H and O–H groups in total. The third-order valence-corrected chi connectivity index (χ3v) is 4.89. The van der Waals surface area contributed by atoms with Crippen molar-refractivity contribution in [2.24, 2.45) is 11.8 Å². The molecule has 0 spiro atoms. The molecule has 1 heterocycles. The van der Waals surface area contributed by atoms with Crippen molar-refractivity contribution in [3.05, 3.63) is 22.4 Å². The molecule has 1 nitrogen and oxygen atoms in total. The van der Waals surface area contributed by atoms with Crippen LogP contribution in [0, 0.1) is 11.8 Å². The molecule has 1 aromatic heterocycles. The van der Waals surface area contributed by atoms with Crippen LogP contribution in [0.2, 0.25) is 0 Å². The molecular weight excluding hydrogens is 228 g/mol. The molecule has 0 radical (unpaired) electrons. The molecule has 0 aliphatic heterocycles. The third-order valence-electron chi connectivity index (χ3n) is 4.16. The molecule has 0 saturated heterocycles. The summed E-state index contributed by atoms with van der Waals surface area (Å²) in [4.78, 5) is 0. The van der Waals surface area contributed by atoms with Crippen molar-refractivity contribution in [3.8, 4) is 0 Å². The lowest BCUT2D eigenvalue weighted by atomic mass is 9.77. The molecule has 1 aromatic rings. The Hall–Kier alpha value is -0.340. The molecule has 1 aliphatic carbocycles. The molecule has 2 rings (SSSR count). The largest absolute Gasteiger partial charge is 0.392 e. The highest BCUT2D eigenvalue weighted by atomic mass is 32.1. The van der Waals surface area contributed by atoms with E-state index >= 15 is 0 Å². The van der Waals surface area contributed by atoms with Gasteiger partial charge < -0.3 is 5.11 Å². The molecule has 1 unspecified atom stereocenters. The van der Waals surface area contributed by atoms with Gasteiger partial charge in [0.05, 0.1) is 6.10 Å². The Balaban J connectivity index is 1.76. The predicted molar refractivity (Wildman–Crippen MR) is 74.4 cm³/mol. The van der Waals surface area contributed by atoms with Crippen LogP contribution >= 0.6 is 11.3 Å². The Labute approximate surface area is 109 Å². The van der Waals surface area contributed by atoms with Crippen molar-refractivity contribution in [2.75, 3.05) is 0 Å². The van der Waals surface area contributed by atoms with Gasteiger partial charge in [-0.15, -0.1) is 0 Å². The van der Waals surface area contributed by atoms with E-state index in [1.165, 1.54) is 44.1 Å². The van der Waals surface area contributed by atoms with Gasteiger partial charge in [-0.3, -0.25) is 0 Å². The van der Waals surface area contributed by atoms with E-state index in [0.29, 0.717) is 5.92 Å². The van der Waals surface area contributed by atoms with Gasteiger partial charge in [-0.25, -0.2) is 0 Å². The highest BCUT2D eigenvalue weighted by Crippen LogP contribution is 2.34. The van der Waals surface area contributed by atoms with Crippen molar-refractivity contribution in [1.82, 2.24) is 0 Å². The Morgan fingerprint density at radius 3 is 2.71 bits per heavy atom. The van der Waals surface area contributed by atoms with E-state index in [9.17, 15) is 5.11 Å². The molecule has 0 bridgehead atoms. The van der Waals surface area contributed by atoms with Crippen LogP contribution in [0.4, 0.5) is 0 Å². The molecule has 0 amide bonds. The number of aliphatic hydroxyl groups excluding tert-OH is 1. The summed E-state index contributed by atoms with van der Waals surface area (Å²) >= 11 is 1.72. The minimum absolute atomic E-state index is 0.118. The smallest absolute Gasteiger partial charge is 0.0609 e. The van der Waals surface area contributed by atoms with E-state index in [1.807, 2.05) is 0 Å². The minimum Gasteiger partial charge on any atom is -0.392 e. The first-order valence-corrected chi connectivity index (χ1v) is 7.93. The zero-order chi connectivity index (χ0) is 12.1. The first-order valence-electron chi connectivity index (χ1n) is 6.98. The summed E-state index contributed by atoms with van der Waals surface area (Å²) in [5.74, 6) is 1.48. The van der Waals surface area contributed by atoms with Crippen molar-refractivity contribution in [3.63, 3.8) is 0 Å². The predicted octanol–water partition coefficient (Wildman–Crippen LogP) is 4.26.